The zero-order valence-electron chi connectivity index (χ0n) is 5.42. The summed E-state index contributed by atoms with van der Waals surface area (Å²) in [6.07, 6.45) is 0.913. The van der Waals surface area contributed by atoms with E-state index < -0.39 is 5.97 Å². The highest BCUT2D eigenvalue weighted by atomic mass is 16.4. The highest BCUT2D eigenvalue weighted by Crippen LogP contribution is 2.46. The monoisotopic (exact) mass is 126 g/mol. The summed E-state index contributed by atoms with van der Waals surface area (Å²) < 4.78 is 0. The maximum Gasteiger partial charge on any atom is 0.311 e. The lowest BCUT2D eigenvalue weighted by Crippen LogP contribution is -1.98. The van der Waals surface area contributed by atoms with E-state index in [-0.39, 0.29) is 11.8 Å². The van der Waals surface area contributed by atoms with Crippen molar-refractivity contribution in [1.82, 2.24) is 0 Å². The molecule has 1 N–H and O–H groups in total. The first kappa shape index (κ1) is 6.33. The number of rotatable bonds is 2. The molecule has 9 heavy (non-hydrogen) atoms. The molecular formula is C7H10O2. The van der Waals surface area contributed by atoms with Gasteiger partial charge in [-0.15, -0.1) is 0 Å². The van der Waals surface area contributed by atoms with Crippen LogP contribution in [-0.2, 0) is 4.79 Å². The molecule has 1 aliphatic rings. The van der Waals surface area contributed by atoms with E-state index in [4.69, 9.17) is 5.11 Å². The lowest BCUT2D eigenvalue weighted by molar-refractivity contribution is -0.138. The summed E-state index contributed by atoms with van der Waals surface area (Å²) in [6, 6.07) is 0. The highest BCUT2D eigenvalue weighted by Gasteiger charge is 2.46. The normalized spacial score (nSPS) is 32.3. The molecule has 0 amide bonds. The highest BCUT2D eigenvalue weighted by molar-refractivity contribution is 5.80. The van der Waals surface area contributed by atoms with Gasteiger partial charge in [0, 0.05) is 0 Å². The van der Waals surface area contributed by atoms with Gasteiger partial charge in [0.2, 0.25) is 0 Å². The van der Waals surface area contributed by atoms with Crippen molar-refractivity contribution in [2.75, 3.05) is 0 Å². The zero-order valence-corrected chi connectivity index (χ0v) is 5.42. The molecule has 0 aromatic heterocycles. The van der Waals surface area contributed by atoms with Crippen molar-refractivity contribution in [3.63, 3.8) is 0 Å². The molecule has 0 bridgehead atoms. The summed E-state index contributed by atoms with van der Waals surface area (Å²) in [5.41, 5.74) is 0.894. The van der Waals surface area contributed by atoms with Crippen LogP contribution in [0.4, 0.5) is 0 Å². The van der Waals surface area contributed by atoms with Gasteiger partial charge in [-0.3, -0.25) is 4.79 Å². The second-order valence-corrected chi connectivity index (χ2v) is 2.41. The quantitative estimate of drug-likeness (QED) is 0.566. The fourth-order valence-electron chi connectivity index (χ4n) is 1.20. The summed E-state index contributed by atoms with van der Waals surface area (Å²) >= 11 is 0. The van der Waals surface area contributed by atoms with E-state index in [1.165, 1.54) is 0 Å². The molecule has 2 heteroatoms. The smallest absolute Gasteiger partial charge is 0.311 e. The first-order chi connectivity index (χ1) is 4.18. The number of carbonyl (C=O) groups is 1. The van der Waals surface area contributed by atoms with Crippen molar-refractivity contribution in [3.8, 4) is 0 Å². The minimum atomic E-state index is -0.716. The van der Waals surface area contributed by atoms with Gasteiger partial charge in [-0.2, -0.15) is 0 Å². The topological polar surface area (TPSA) is 37.3 Å². The van der Waals surface area contributed by atoms with Crippen LogP contribution < -0.4 is 0 Å². The van der Waals surface area contributed by atoms with Crippen LogP contribution in [-0.4, -0.2) is 11.1 Å². The van der Waals surface area contributed by atoms with Crippen molar-refractivity contribution in [3.05, 3.63) is 12.2 Å². The molecule has 0 heterocycles. The molecule has 0 aromatic rings. The SMILES string of the molecule is C=C1[C@@H](C(=O)O)[C@@H]1CC. The van der Waals surface area contributed by atoms with Gasteiger partial charge in [-0.1, -0.05) is 19.1 Å². The predicted octanol–water partition coefficient (Wildman–Crippen LogP) is 1.28. The van der Waals surface area contributed by atoms with Gasteiger partial charge >= 0.3 is 5.97 Å². The lowest BCUT2D eigenvalue weighted by Gasteiger charge is -1.83. The molecule has 50 valence electrons. The summed E-state index contributed by atoms with van der Waals surface area (Å²) in [5, 5.41) is 8.46. The van der Waals surface area contributed by atoms with Crippen LogP contribution in [0.3, 0.4) is 0 Å². The van der Waals surface area contributed by atoms with E-state index in [2.05, 4.69) is 6.58 Å². The van der Waals surface area contributed by atoms with E-state index in [0.29, 0.717) is 0 Å². The predicted molar refractivity (Wildman–Crippen MR) is 34.0 cm³/mol. The van der Waals surface area contributed by atoms with E-state index in [1.807, 2.05) is 6.92 Å². The van der Waals surface area contributed by atoms with Crippen LogP contribution in [0.25, 0.3) is 0 Å². The molecule has 1 rings (SSSR count). The number of aliphatic carboxylic acids is 1. The van der Waals surface area contributed by atoms with Gasteiger partial charge in [0.05, 0.1) is 5.92 Å². The summed E-state index contributed by atoms with van der Waals surface area (Å²) in [7, 11) is 0. The Morgan fingerprint density at radius 3 is 2.56 bits per heavy atom. The minimum absolute atomic E-state index is 0.227. The molecule has 0 aromatic carbocycles. The van der Waals surface area contributed by atoms with Crippen LogP contribution in [0.1, 0.15) is 13.3 Å². The van der Waals surface area contributed by atoms with E-state index in [9.17, 15) is 4.79 Å². The largest absolute Gasteiger partial charge is 0.481 e. The summed E-state index contributed by atoms with van der Waals surface area (Å²) in [5.74, 6) is -0.677. The van der Waals surface area contributed by atoms with Crippen molar-refractivity contribution in [2.24, 2.45) is 11.8 Å². The fraction of sp³-hybridized carbons (Fsp3) is 0.571. The third-order valence-corrected chi connectivity index (χ3v) is 1.87. The Balaban J connectivity index is 2.52. The molecule has 1 aliphatic carbocycles. The Morgan fingerprint density at radius 1 is 1.89 bits per heavy atom. The van der Waals surface area contributed by atoms with Crippen LogP contribution in [0.15, 0.2) is 12.2 Å². The number of carboxylic acid groups (broad SMARTS) is 1. The number of carboxylic acids is 1. The number of hydrogen-bond donors (Lipinski definition) is 1. The fourth-order valence-corrected chi connectivity index (χ4v) is 1.20. The average Bonchev–Trinajstić information content (AvgIpc) is 2.40. The van der Waals surface area contributed by atoms with Gasteiger partial charge in [0.15, 0.2) is 0 Å². The van der Waals surface area contributed by atoms with Gasteiger partial charge < -0.3 is 5.11 Å². The second-order valence-electron chi connectivity index (χ2n) is 2.41. The zero-order chi connectivity index (χ0) is 7.02. The summed E-state index contributed by atoms with van der Waals surface area (Å²) in [4.78, 5) is 10.3. The Kier molecular flexibility index (Phi) is 1.31. The molecule has 0 spiro atoms. The van der Waals surface area contributed by atoms with E-state index >= 15 is 0 Å². The van der Waals surface area contributed by atoms with Crippen molar-refractivity contribution >= 4 is 5.97 Å². The average molecular weight is 126 g/mol. The van der Waals surface area contributed by atoms with Crippen molar-refractivity contribution in [1.29, 1.82) is 0 Å². The van der Waals surface area contributed by atoms with Crippen LogP contribution in [0.5, 0.6) is 0 Å². The standard InChI is InChI=1S/C7H10O2/c1-3-5-4(2)6(5)7(8)9/h5-6H,2-3H2,1H3,(H,8,9)/t5-,6-/m1/s1. The van der Waals surface area contributed by atoms with Gasteiger partial charge in [0.25, 0.3) is 0 Å². The second kappa shape index (κ2) is 1.87. The maximum atomic E-state index is 10.3. The number of hydrogen-bond acceptors (Lipinski definition) is 1. The third kappa shape index (κ3) is 0.846. The molecular weight excluding hydrogens is 116 g/mol. The lowest BCUT2D eigenvalue weighted by atomic mass is 10.2. The first-order valence-corrected chi connectivity index (χ1v) is 3.10. The molecule has 2 nitrogen and oxygen atoms in total. The summed E-state index contributed by atoms with van der Waals surface area (Å²) in [6.45, 7) is 5.63. The Morgan fingerprint density at radius 2 is 2.44 bits per heavy atom. The molecule has 1 fully saturated rings. The van der Waals surface area contributed by atoms with E-state index in [0.717, 1.165) is 12.0 Å². The third-order valence-electron chi connectivity index (χ3n) is 1.87. The van der Waals surface area contributed by atoms with Gasteiger partial charge in [-0.05, 0) is 12.3 Å². The molecule has 0 radical (unpaired) electrons. The van der Waals surface area contributed by atoms with E-state index in [1.54, 1.807) is 0 Å². The Hall–Kier alpha value is -0.790. The Bertz CT molecular complexity index is 160. The minimum Gasteiger partial charge on any atom is -0.481 e. The van der Waals surface area contributed by atoms with Crippen molar-refractivity contribution < 1.29 is 9.90 Å². The molecule has 0 unspecified atom stereocenters. The molecule has 1 saturated carbocycles. The molecule has 0 saturated heterocycles. The molecule has 0 aliphatic heterocycles. The maximum absolute atomic E-state index is 10.3. The van der Waals surface area contributed by atoms with Gasteiger partial charge in [0.1, 0.15) is 0 Å². The van der Waals surface area contributed by atoms with Crippen LogP contribution >= 0.6 is 0 Å². The van der Waals surface area contributed by atoms with Gasteiger partial charge in [-0.25, -0.2) is 0 Å². The Labute approximate surface area is 54.2 Å². The van der Waals surface area contributed by atoms with Crippen LogP contribution in [0.2, 0.25) is 0 Å². The first-order valence-electron chi connectivity index (χ1n) is 3.10. The molecule has 2 atom stereocenters. The van der Waals surface area contributed by atoms with Crippen molar-refractivity contribution in [2.45, 2.75) is 13.3 Å². The van der Waals surface area contributed by atoms with Crippen LogP contribution in [0, 0.1) is 11.8 Å².